The van der Waals surface area contributed by atoms with Gasteiger partial charge >= 0.3 is 0 Å². The Morgan fingerprint density at radius 3 is 2.95 bits per heavy atom. The maximum Gasteiger partial charge on any atom is 0.0953 e. The molecule has 2 aromatic heterocycles. The van der Waals surface area contributed by atoms with Gasteiger partial charge in [-0.1, -0.05) is 28.1 Å². The van der Waals surface area contributed by atoms with Gasteiger partial charge in [0, 0.05) is 16.2 Å². The number of aryl methyl sites for hydroxylation is 2. The van der Waals surface area contributed by atoms with Gasteiger partial charge in [0.1, 0.15) is 0 Å². The molecule has 1 aliphatic carbocycles. The molecule has 3 aromatic rings. The summed E-state index contributed by atoms with van der Waals surface area (Å²) >= 11 is 7.66. The number of thiophene rings is 1. The second kappa shape index (κ2) is 5.24. The fourth-order valence-electron chi connectivity index (χ4n) is 2.77. The summed E-state index contributed by atoms with van der Waals surface area (Å²) in [6, 6.07) is 10.8. The van der Waals surface area contributed by atoms with Gasteiger partial charge in [-0.15, -0.1) is 22.7 Å². The van der Waals surface area contributed by atoms with Crippen LogP contribution in [0.25, 0.3) is 10.2 Å². The smallest absolute Gasteiger partial charge is 0.0953 e. The van der Waals surface area contributed by atoms with Crippen molar-refractivity contribution in [3.63, 3.8) is 0 Å². The summed E-state index contributed by atoms with van der Waals surface area (Å²) in [6.07, 6.45) is 4.87. The minimum atomic E-state index is 0.402. The molecule has 0 spiro atoms. The molecule has 0 amide bonds. The Kier molecular flexibility index (Phi) is 3.41. The van der Waals surface area contributed by atoms with E-state index in [-0.39, 0.29) is 0 Å². The van der Waals surface area contributed by atoms with Crippen LogP contribution in [0, 0.1) is 0 Å². The van der Waals surface area contributed by atoms with Crippen molar-refractivity contribution in [2.45, 2.75) is 30.5 Å². The van der Waals surface area contributed by atoms with E-state index in [4.69, 9.17) is 4.98 Å². The van der Waals surface area contributed by atoms with Crippen LogP contribution in [0.3, 0.4) is 0 Å². The normalized spacial score (nSPS) is 15.7. The predicted octanol–water partition coefficient (Wildman–Crippen LogP) is 5.53. The van der Waals surface area contributed by atoms with Crippen LogP contribution in [-0.4, -0.2) is 4.98 Å². The molecule has 0 saturated carbocycles. The molecule has 0 bridgehead atoms. The molecule has 4 heteroatoms. The van der Waals surface area contributed by atoms with Crippen molar-refractivity contribution in [1.29, 1.82) is 0 Å². The number of rotatable bonds is 3. The quantitative estimate of drug-likeness (QED) is 0.557. The first kappa shape index (κ1) is 13.0. The highest BCUT2D eigenvalue weighted by molar-refractivity contribution is 9.09. The lowest BCUT2D eigenvalue weighted by Gasteiger charge is -2.04. The molecule has 1 aromatic carbocycles. The summed E-state index contributed by atoms with van der Waals surface area (Å²) in [5, 5.41) is 1.22. The maximum atomic E-state index is 4.73. The van der Waals surface area contributed by atoms with Crippen LogP contribution in [0.1, 0.15) is 31.6 Å². The van der Waals surface area contributed by atoms with Crippen LogP contribution in [0.2, 0.25) is 0 Å². The molecular weight excluding hydrogens is 350 g/mol. The average Bonchev–Trinajstić information content (AvgIpc) is 3.11. The van der Waals surface area contributed by atoms with Crippen LogP contribution in [0.4, 0.5) is 0 Å². The number of para-hydroxylation sites is 1. The summed E-state index contributed by atoms with van der Waals surface area (Å²) in [6.45, 7) is 0. The number of alkyl halides is 1. The Morgan fingerprint density at radius 1 is 1.20 bits per heavy atom. The molecule has 0 saturated heterocycles. The van der Waals surface area contributed by atoms with Crippen molar-refractivity contribution in [2.75, 3.05) is 0 Å². The molecule has 1 atom stereocenters. The van der Waals surface area contributed by atoms with E-state index in [1.54, 1.807) is 10.4 Å². The molecule has 102 valence electrons. The van der Waals surface area contributed by atoms with E-state index in [1.807, 2.05) is 22.7 Å². The van der Waals surface area contributed by atoms with Gasteiger partial charge < -0.3 is 0 Å². The number of benzene rings is 1. The monoisotopic (exact) mass is 363 g/mol. The average molecular weight is 364 g/mol. The number of halogens is 1. The van der Waals surface area contributed by atoms with Crippen molar-refractivity contribution < 1.29 is 0 Å². The van der Waals surface area contributed by atoms with Crippen molar-refractivity contribution in [1.82, 2.24) is 4.98 Å². The first-order valence-electron chi connectivity index (χ1n) is 6.89. The Labute approximate surface area is 134 Å². The van der Waals surface area contributed by atoms with E-state index < -0.39 is 0 Å². The van der Waals surface area contributed by atoms with Gasteiger partial charge in [0.2, 0.25) is 0 Å². The Morgan fingerprint density at radius 2 is 2.10 bits per heavy atom. The molecule has 0 aliphatic heterocycles. The van der Waals surface area contributed by atoms with Crippen molar-refractivity contribution in [2.24, 2.45) is 0 Å². The molecular formula is C16H14BrNS2. The van der Waals surface area contributed by atoms with Gasteiger partial charge in [-0.25, -0.2) is 4.98 Å². The van der Waals surface area contributed by atoms with Crippen LogP contribution < -0.4 is 0 Å². The summed E-state index contributed by atoms with van der Waals surface area (Å²) < 4.78 is 1.29. The lowest BCUT2D eigenvalue weighted by Crippen LogP contribution is -1.92. The van der Waals surface area contributed by atoms with Gasteiger partial charge in [-0.2, -0.15) is 0 Å². The summed E-state index contributed by atoms with van der Waals surface area (Å²) in [4.78, 5) is 8.21. The first-order chi connectivity index (χ1) is 9.79. The van der Waals surface area contributed by atoms with Crippen molar-refractivity contribution in [3.8, 4) is 0 Å². The lowest BCUT2D eigenvalue weighted by molar-refractivity contribution is 0.908. The van der Waals surface area contributed by atoms with Crippen LogP contribution >= 0.6 is 38.6 Å². The van der Waals surface area contributed by atoms with E-state index in [0.717, 1.165) is 11.9 Å². The third-order valence-corrected chi connectivity index (χ3v) is 7.30. The molecule has 1 unspecified atom stereocenters. The highest BCUT2D eigenvalue weighted by Gasteiger charge is 2.19. The number of hydrogen-bond donors (Lipinski definition) is 0. The van der Waals surface area contributed by atoms with E-state index >= 15 is 0 Å². The number of thiazole rings is 1. The van der Waals surface area contributed by atoms with Crippen molar-refractivity contribution >= 4 is 48.8 Å². The third-order valence-electron chi connectivity index (χ3n) is 3.77. The zero-order chi connectivity index (χ0) is 13.5. The topological polar surface area (TPSA) is 12.9 Å². The Bertz CT molecular complexity index is 704. The third kappa shape index (κ3) is 2.34. The summed E-state index contributed by atoms with van der Waals surface area (Å²) in [5.41, 5.74) is 2.71. The van der Waals surface area contributed by atoms with Gasteiger partial charge in [-0.05, 0) is 43.0 Å². The van der Waals surface area contributed by atoms with E-state index in [1.165, 1.54) is 33.8 Å². The number of fused-ring (bicyclic) bond motifs is 2. The van der Waals surface area contributed by atoms with E-state index in [9.17, 15) is 0 Å². The predicted molar refractivity (Wildman–Crippen MR) is 91.3 cm³/mol. The van der Waals surface area contributed by atoms with Gasteiger partial charge in [-0.3, -0.25) is 0 Å². The second-order valence-electron chi connectivity index (χ2n) is 5.20. The number of hydrogen-bond acceptors (Lipinski definition) is 3. The highest BCUT2D eigenvalue weighted by Crippen LogP contribution is 2.39. The van der Waals surface area contributed by atoms with Gasteiger partial charge in [0.05, 0.1) is 20.1 Å². The molecule has 0 N–H and O–H groups in total. The fraction of sp³-hybridized carbons (Fsp3) is 0.312. The molecule has 0 fully saturated rings. The van der Waals surface area contributed by atoms with Crippen molar-refractivity contribution in [3.05, 3.63) is 50.7 Å². The first-order valence-corrected chi connectivity index (χ1v) is 9.44. The minimum Gasteiger partial charge on any atom is -0.241 e. The summed E-state index contributed by atoms with van der Waals surface area (Å²) in [7, 11) is 0. The number of nitrogens with zero attached hydrogens (tertiary/aromatic N) is 1. The molecule has 1 nitrogen and oxygen atoms in total. The molecule has 4 rings (SSSR count). The Balaban J connectivity index is 1.57. The molecule has 0 radical (unpaired) electrons. The van der Waals surface area contributed by atoms with Crippen LogP contribution in [0.5, 0.6) is 0 Å². The molecule has 2 heterocycles. The second-order valence-corrected chi connectivity index (χ2v) is 8.59. The maximum absolute atomic E-state index is 4.73. The van der Waals surface area contributed by atoms with Crippen LogP contribution in [-0.2, 0) is 19.3 Å². The SMILES string of the molecule is BrC(Cc1nc2ccccc2s1)c1cc2c(s1)CCC2. The fourth-order valence-corrected chi connectivity index (χ4v) is 5.95. The zero-order valence-corrected chi connectivity index (χ0v) is 14.2. The minimum absolute atomic E-state index is 0.402. The number of aromatic nitrogens is 1. The van der Waals surface area contributed by atoms with E-state index in [2.05, 4.69) is 46.3 Å². The van der Waals surface area contributed by atoms with Crippen LogP contribution in [0.15, 0.2) is 30.3 Å². The highest BCUT2D eigenvalue weighted by atomic mass is 79.9. The van der Waals surface area contributed by atoms with Gasteiger partial charge in [0.25, 0.3) is 0 Å². The molecule has 20 heavy (non-hydrogen) atoms. The summed E-state index contributed by atoms with van der Waals surface area (Å²) in [5.74, 6) is 0. The standard InChI is InChI=1S/C16H14BrNS2/c17-11(15-8-10-4-3-7-13(10)19-15)9-16-18-12-5-1-2-6-14(12)20-16/h1-2,5-6,8,11H,3-4,7,9H2. The zero-order valence-electron chi connectivity index (χ0n) is 10.9. The van der Waals surface area contributed by atoms with E-state index in [0.29, 0.717) is 4.83 Å². The lowest BCUT2D eigenvalue weighted by atomic mass is 10.2. The largest absolute Gasteiger partial charge is 0.241 e. The molecule has 1 aliphatic rings. The van der Waals surface area contributed by atoms with Gasteiger partial charge in [0.15, 0.2) is 0 Å². The Hall–Kier alpha value is -0.710.